The fourth-order valence-corrected chi connectivity index (χ4v) is 3.78. The smallest absolute Gasteiger partial charge is 0.294 e. The fraction of sp³-hybridized carbons (Fsp3) is 0.185. The number of rotatable bonds is 6. The Labute approximate surface area is 197 Å². The van der Waals surface area contributed by atoms with E-state index in [9.17, 15) is 14.4 Å². The van der Waals surface area contributed by atoms with Gasteiger partial charge < -0.3 is 5.32 Å². The van der Waals surface area contributed by atoms with Crippen molar-refractivity contribution >= 4 is 34.4 Å². The van der Waals surface area contributed by atoms with E-state index >= 15 is 0 Å². The van der Waals surface area contributed by atoms with Crippen molar-refractivity contribution in [1.82, 2.24) is 9.55 Å². The van der Waals surface area contributed by atoms with Crippen LogP contribution in [0.2, 0.25) is 0 Å². The van der Waals surface area contributed by atoms with E-state index in [1.807, 2.05) is 62.4 Å². The van der Waals surface area contributed by atoms with Gasteiger partial charge in [0, 0.05) is 12.6 Å². The number of aromatic nitrogens is 2. The van der Waals surface area contributed by atoms with Crippen molar-refractivity contribution in [2.45, 2.75) is 33.9 Å². The van der Waals surface area contributed by atoms with Gasteiger partial charge in [-0.15, -0.1) is 0 Å². The van der Waals surface area contributed by atoms with Crippen LogP contribution in [0.25, 0.3) is 11.0 Å². The Balaban J connectivity index is 1.73. The third kappa shape index (κ3) is 4.88. The van der Waals surface area contributed by atoms with Gasteiger partial charge in [-0.05, 0) is 54.8 Å². The minimum absolute atomic E-state index is 0.00552. The highest BCUT2D eigenvalue weighted by atomic mass is 16.2. The lowest BCUT2D eigenvalue weighted by molar-refractivity contribution is -0.117. The van der Waals surface area contributed by atoms with Crippen molar-refractivity contribution < 1.29 is 9.59 Å². The summed E-state index contributed by atoms with van der Waals surface area (Å²) in [4.78, 5) is 44.8. The number of amides is 2. The molecule has 0 spiro atoms. The maximum absolute atomic E-state index is 13.5. The van der Waals surface area contributed by atoms with Gasteiger partial charge >= 0.3 is 0 Å². The van der Waals surface area contributed by atoms with Crippen molar-refractivity contribution in [3.8, 4) is 0 Å². The first-order valence-electron chi connectivity index (χ1n) is 11.0. The standard InChI is InChI=1S/C27H26N4O3/c1-18-13-14-22(15-19(18)2)28-25(33)17-31-24-12-8-7-11-23(24)29-26(27(31)34)30(20(3)32)16-21-9-5-4-6-10-21/h4-15H,16-17H2,1-3H3,(H,28,33). The van der Waals surface area contributed by atoms with Crippen LogP contribution in [0.5, 0.6) is 0 Å². The Bertz CT molecular complexity index is 1430. The van der Waals surface area contributed by atoms with Crippen LogP contribution in [0.1, 0.15) is 23.6 Å². The minimum atomic E-state index is -0.500. The van der Waals surface area contributed by atoms with Crippen molar-refractivity contribution in [1.29, 1.82) is 0 Å². The number of hydrogen-bond donors (Lipinski definition) is 1. The molecule has 0 fully saturated rings. The van der Waals surface area contributed by atoms with Crippen LogP contribution in [-0.4, -0.2) is 21.4 Å². The molecule has 1 N–H and O–H groups in total. The van der Waals surface area contributed by atoms with Crippen LogP contribution in [0, 0.1) is 13.8 Å². The highest BCUT2D eigenvalue weighted by Crippen LogP contribution is 2.18. The zero-order valence-electron chi connectivity index (χ0n) is 19.4. The summed E-state index contributed by atoms with van der Waals surface area (Å²) in [6.07, 6.45) is 0. The van der Waals surface area contributed by atoms with Gasteiger partial charge in [0.15, 0.2) is 0 Å². The topological polar surface area (TPSA) is 84.3 Å². The summed E-state index contributed by atoms with van der Waals surface area (Å²) in [5, 5.41) is 2.86. The second kappa shape index (κ2) is 9.70. The summed E-state index contributed by atoms with van der Waals surface area (Å²) in [5.41, 5.74) is 4.26. The second-order valence-electron chi connectivity index (χ2n) is 8.25. The minimum Gasteiger partial charge on any atom is -0.325 e. The van der Waals surface area contributed by atoms with E-state index in [1.54, 1.807) is 24.3 Å². The van der Waals surface area contributed by atoms with E-state index in [2.05, 4.69) is 10.3 Å². The molecule has 7 nitrogen and oxygen atoms in total. The summed E-state index contributed by atoms with van der Waals surface area (Å²) in [6.45, 7) is 5.36. The SMILES string of the molecule is CC(=O)N(Cc1ccccc1)c1nc2ccccc2n(CC(=O)Nc2ccc(C)c(C)c2)c1=O. The Morgan fingerprint density at radius 1 is 0.941 bits per heavy atom. The molecule has 34 heavy (non-hydrogen) atoms. The molecule has 0 saturated heterocycles. The molecule has 1 heterocycles. The normalized spacial score (nSPS) is 10.8. The number of para-hydroxylation sites is 2. The van der Waals surface area contributed by atoms with Gasteiger partial charge in [0.2, 0.25) is 17.6 Å². The van der Waals surface area contributed by atoms with Gasteiger partial charge in [0.25, 0.3) is 5.56 Å². The molecule has 0 saturated carbocycles. The lowest BCUT2D eigenvalue weighted by Crippen LogP contribution is -2.38. The zero-order chi connectivity index (χ0) is 24.2. The molecule has 2 amide bonds. The number of hydrogen-bond acceptors (Lipinski definition) is 4. The molecule has 0 bridgehead atoms. The summed E-state index contributed by atoms with van der Waals surface area (Å²) < 4.78 is 1.37. The number of nitrogens with one attached hydrogen (secondary N) is 1. The monoisotopic (exact) mass is 454 g/mol. The van der Waals surface area contributed by atoms with E-state index in [1.165, 1.54) is 16.4 Å². The van der Waals surface area contributed by atoms with Crippen molar-refractivity contribution in [2.75, 3.05) is 10.2 Å². The largest absolute Gasteiger partial charge is 0.325 e. The molecule has 172 valence electrons. The first-order chi connectivity index (χ1) is 16.3. The average Bonchev–Trinajstić information content (AvgIpc) is 2.82. The number of benzene rings is 3. The number of carbonyl (C=O) groups is 2. The second-order valence-corrected chi connectivity index (χ2v) is 8.25. The molecule has 3 aromatic carbocycles. The third-order valence-corrected chi connectivity index (χ3v) is 5.75. The molecule has 0 aliphatic heterocycles. The van der Waals surface area contributed by atoms with Crippen molar-refractivity contribution in [3.63, 3.8) is 0 Å². The summed E-state index contributed by atoms with van der Waals surface area (Å²) >= 11 is 0. The van der Waals surface area contributed by atoms with Crippen LogP contribution in [-0.2, 0) is 22.7 Å². The Hall–Kier alpha value is -4.26. The van der Waals surface area contributed by atoms with Gasteiger partial charge in [-0.3, -0.25) is 23.9 Å². The van der Waals surface area contributed by atoms with Crippen LogP contribution in [0.3, 0.4) is 0 Å². The van der Waals surface area contributed by atoms with Crippen LogP contribution in [0.4, 0.5) is 11.5 Å². The van der Waals surface area contributed by atoms with Crippen LogP contribution in [0.15, 0.2) is 77.6 Å². The van der Waals surface area contributed by atoms with Crippen molar-refractivity contribution in [3.05, 3.63) is 99.8 Å². The Kier molecular flexibility index (Phi) is 6.54. The fourth-order valence-electron chi connectivity index (χ4n) is 3.78. The predicted molar refractivity (Wildman–Crippen MR) is 134 cm³/mol. The average molecular weight is 455 g/mol. The van der Waals surface area contributed by atoms with E-state index in [0.29, 0.717) is 16.7 Å². The summed E-state index contributed by atoms with van der Waals surface area (Å²) in [5.74, 6) is -0.658. The molecule has 0 radical (unpaired) electrons. The molecule has 4 aromatic rings. The Morgan fingerprint density at radius 2 is 1.65 bits per heavy atom. The molecule has 4 rings (SSSR count). The number of aryl methyl sites for hydroxylation is 2. The number of carbonyl (C=O) groups excluding carboxylic acids is 2. The predicted octanol–water partition coefficient (Wildman–Crippen LogP) is 4.21. The molecular formula is C27H26N4O3. The van der Waals surface area contributed by atoms with Gasteiger partial charge in [-0.25, -0.2) is 4.98 Å². The molecule has 0 unspecified atom stereocenters. The molecule has 7 heteroatoms. The lowest BCUT2D eigenvalue weighted by Gasteiger charge is -2.21. The van der Waals surface area contributed by atoms with Gasteiger partial charge in [0.1, 0.15) is 6.54 Å². The summed E-state index contributed by atoms with van der Waals surface area (Å²) in [6, 6.07) is 22.1. The van der Waals surface area contributed by atoms with Crippen LogP contribution >= 0.6 is 0 Å². The summed E-state index contributed by atoms with van der Waals surface area (Å²) in [7, 11) is 0. The van der Waals surface area contributed by atoms with Gasteiger partial charge in [-0.2, -0.15) is 0 Å². The number of anilines is 2. The van der Waals surface area contributed by atoms with E-state index < -0.39 is 5.56 Å². The highest BCUT2D eigenvalue weighted by Gasteiger charge is 2.21. The molecule has 0 aliphatic carbocycles. The van der Waals surface area contributed by atoms with E-state index in [4.69, 9.17) is 0 Å². The lowest BCUT2D eigenvalue weighted by atomic mass is 10.1. The quantitative estimate of drug-likeness (QED) is 0.473. The first kappa shape index (κ1) is 22.9. The molecule has 0 aliphatic rings. The van der Waals surface area contributed by atoms with E-state index in [0.717, 1.165) is 16.7 Å². The van der Waals surface area contributed by atoms with Crippen LogP contribution < -0.4 is 15.8 Å². The maximum atomic E-state index is 13.5. The number of fused-ring (bicyclic) bond motifs is 1. The van der Waals surface area contributed by atoms with Gasteiger partial charge in [0.05, 0.1) is 17.6 Å². The van der Waals surface area contributed by atoms with Crippen molar-refractivity contribution in [2.24, 2.45) is 0 Å². The third-order valence-electron chi connectivity index (χ3n) is 5.75. The highest BCUT2D eigenvalue weighted by molar-refractivity contribution is 5.93. The molecule has 0 atom stereocenters. The first-order valence-corrected chi connectivity index (χ1v) is 11.0. The molecular weight excluding hydrogens is 428 g/mol. The zero-order valence-corrected chi connectivity index (χ0v) is 19.4. The molecule has 1 aromatic heterocycles. The number of nitrogens with zero attached hydrogens (tertiary/aromatic N) is 3. The Morgan fingerprint density at radius 3 is 2.35 bits per heavy atom. The van der Waals surface area contributed by atoms with Gasteiger partial charge in [-0.1, -0.05) is 48.5 Å². The maximum Gasteiger partial charge on any atom is 0.294 e. The van der Waals surface area contributed by atoms with E-state index in [-0.39, 0.29) is 30.7 Å².